The van der Waals surface area contributed by atoms with Crippen LogP contribution < -0.4 is 26.5 Å². The molecule has 0 radical (unpaired) electrons. The normalized spacial score (nSPS) is 17.3. The number of unbranched alkanes of at least 4 members (excludes halogenated alkanes) is 1. The van der Waals surface area contributed by atoms with Gasteiger partial charge in [0.15, 0.2) is 5.49 Å². The zero-order chi connectivity index (χ0) is 25.7. The van der Waals surface area contributed by atoms with Gasteiger partial charge in [0.1, 0.15) is 0 Å². The van der Waals surface area contributed by atoms with Crippen LogP contribution in [0.5, 0.6) is 0 Å². The van der Waals surface area contributed by atoms with E-state index in [-0.39, 0.29) is 28.7 Å². The van der Waals surface area contributed by atoms with Crippen molar-refractivity contribution in [3.05, 3.63) is 50.9 Å². The molecule has 0 saturated carbocycles. The number of carbonyl (C=O) groups excluding carboxylic acids is 3. The smallest absolute Gasteiger partial charge is 0.338 e. The van der Waals surface area contributed by atoms with E-state index in [1.165, 1.54) is 0 Å². The summed E-state index contributed by atoms with van der Waals surface area (Å²) in [5, 5.41) is 2.71. The third kappa shape index (κ3) is 5.53. The molecule has 10 heteroatoms. The van der Waals surface area contributed by atoms with Crippen molar-refractivity contribution in [2.24, 2.45) is 4.99 Å². The minimum absolute atomic E-state index is 0.0111. The third-order valence-electron chi connectivity index (χ3n) is 6.50. The van der Waals surface area contributed by atoms with Gasteiger partial charge in [-0.3, -0.25) is 19.4 Å². The highest BCUT2D eigenvalue weighted by molar-refractivity contribution is 6.23. The lowest BCUT2D eigenvalue weighted by Crippen LogP contribution is -2.52. The fourth-order valence-electron chi connectivity index (χ4n) is 4.52. The van der Waals surface area contributed by atoms with Crippen LogP contribution in [-0.4, -0.2) is 46.9 Å². The Morgan fingerprint density at radius 2 is 1.94 bits per heavy atom. The summed E-state index contributed by atoms with van der Waals surface area (Å²) in [4.78, 5) is 63.9. The summed E-state index contributed by atoms with van der Waals surface area (Å²) in [5.74, 6) is -1.18. The Hall–Kier alpha value is -3.82. The van der Waals surface area contributed by atoms with Crippen LogP contribution in [0.4, 0.5) is 11.6 Å². The van der Waals surface area contributed by atoms with Crippen molar-refractivity contribution < 1.29 is 19.1 Å². The van der Waals surface area contributed by atoms with Crippen LogP contribution in [0.2, 0.25) is 0 Å². The Bertz CT molecular complexity index is 1330. The number of aromatic nitrogens is 2. The number of carbonyl (C=O) groups is 3. The van der Waals surface area contributed by atoms with Crippen molar-refractivity contribution in [1.29, 1.82) is 0 Å². The monoisotopic (exact) mass is 493 g/mol. The van der Waals surface area contributed by atoms with Crippen LogP contribution in [0.25, 0.3) is 5.57 Å². The molecule has 0 spiro atoms. The maximum atomic E-state index is 13.1. The van der Waals surface area contributed by atoms with Crippen LogP contribution in [0.15, 0.2) is 34.1 Å². The van der Waals surface area contributed by atoms with E-state index in [0.29, 0.717) is 23.8 Å². The number of hydrogen-bond acceptors (Lipinski definition) is 7. The highest BCUT2D eigenvalue weighted by Crippen LogP contribution is 2.22. The first-order valence-corrected chi connectivity index (χ1v) is 12.5. The molecule has 36 heavy (non-hydrogen) atoms. The zero-order valence-corrected chi connectivity index (χ0v) is 20.6. The van der Waals surface area contributed by atoms with E-state index in [9.17, 15) is 19.2 Å². The van der Waals surface area contributed by atoms with Gasteiger partial charge in [-0.15, -0.1) is 0 Å². The van der Waals surface area contributed by atoms with Crippen LogP contribution in [0.3, 0.4) is 0 Å². The van der Waals surface area contributed by atoms with E-state index in [1.807, 2.05) is 11.8 Å². The maximum Gasteiger partial charge on any atom is 0.338 e. The van der Waals surface area contributed by atoms with Crippen LogP contribution in [-0.2, 0) is 14.3 Å². The first kappa shape index (κ1) is 25.3. The molecule has 4 rings (SSSR count). The van der Waals surface area contributed by atoms with Crippen molar-refractivity contribution in [2.75, 3.05) is 23.4 Å². The Labute approximate surface area is 208 Å². The van der Waals surface area contributed by atoms with E-state index in [1.54, 1.807) is 24.3 Å². The van der Waals surface area contributed by atoms with E-state index >= 15 is 0 Å². The Morgan fingerprint density at radius 1 is 1.17 bits per heavy atom. The van der Waals surface area contributed by atoms with Gasteiger partial charge >= 0.3 is 5.97 Å². The second-order valence-corrected chi connectivity index (χ2v) is 9.02. The second kappa shape index (κ2) is 11.3. The van der Waals surface area contributed by atoms with Gasteiger partial charge < -0.3 is 15.0 Å². The summed E-state index contributed by atoms with van der Waals surface area (Å²) in [6.45, 7) is 5.21. The van der Waals surface area contributed by atoms with Gasteiger partial charge in [0.25, 0.3) is 17.4 Å². The minimum atomic E-state index is -0.595. The molecular weight excluding hydrogens is 462 g/mol. The van der Waals surface area contributed by atoms with Gasteiger partial charge in [0, 0.05) is 23.8 Å². The fourth-order valence-corrected chi connectivity index (χ4v) is 4.52. The number of amides is 2. The summed E-state index contributed by atoms with van der Waals surface area (Å²) >= 11 is 0. The van der Waals surface area contributed by atoms with Crippen LogP contribution in [0, 0.1) is 0 Å². The highest BCUT2D eigenvalue weighted by atomic mass is 16.5. The lowest BCUT2D eigenvalue weighted by molar-refractivity contribution is -0.118. The molecule has 190 valence electrons. The summed E-state index contributed by atoms with van der Waals surface area (Å²) in [7, 11) is 0. The van der Waals surface area contributed by atoms with E-state index in [4.69, 9.17) is 4.74 Å². The average molecular weight is 494 g/mol. The van der Waals surface area contributed by atoms with Crippen molar-refractivity contribution in [1.82, 2.24) is 9.97 Å². The number of benzene rings is 1. The summed E-state index contributed by atoms with van der Waals surface area (Å²) in [6.07, 6.45) is 5.43. The lowest BCUT2D eigenvalue weighted by Gasteiger charge is -2.35. The predicted octanol–water partition coefficient (Wildman–Crippen LogP) is 1.83. The van der Waals surface area contributed by atoms with Crippen molar-refractivity contribution >= 4 is 35.0 Å². The molecular formula is C26H31N5O5. The average Bonchev–Trinajstić information content (AvgIpc) is 2.88. The van der Waals surface area contributed by atoms with E-state index in [0.717, 1.165) is 45.1 Å². The molecule has 1 unspecified atom stereocenters. The number of ether oxygens (including phenoxy) is 1. The van der Waals surface area contributed by atoms with Crippen molar-refractivity contribution in [3.8, 4) is 0 Å². The summed E-state index contributed by atoms with van der Waals surface area (Å²) in [6, 6.07) is 6.48. The van der Waals surface area contributed by atoms with Gasteiger partial charge in [-0.25, -0.2) is 4.79 Å². The molecule has 1 aromatic carbocycles. The largest absolute Gasteiger partial charge is 0.462 e. The molecule has 2 aliphatic rings. The molecule has 2 aromatic rings. The zero-order valence-electron chi connectivity index (χ0n) is 20.6. The molecule has 3 heterocycles. The topological polar surface area (TPSA) is 134 Å². The molecule has 1 saturated heterocycles. The number of nitrogens with one attached hydrogen (secondary N) is 2. The minimum Gasteiger partial charge on any atom is -0.462 e. The standard InChI is InChI=1S/C26H31N5O5/c1-3-5-14-36-25(35)16-9-11-17(12-10-16)27-23(33)19-15-20(32)28-22-21(19)24(34)30-26(29-22)31-13-7-6-8-18(31)4-2/h9-12,18H,3-8,13-15H2,1-2H3,(H,27,33)(H,28,29,30,32,34). The number of hydrogen-bond donors (Lipinski definition) is 2. The lowest BCUT2D eigenvalue weighted by atomic mass is 10.0. The van der Waals surface area contributed by atoms with Crippen LogP contribution >= 0.6 is 0 Å². The highest BCUT2D eigenvalue weighted by Gasteiger charge is 2.26. The number of anilines is 2. The molecule has 0 aliphatic carbocycles. The van der Waals surface area contributed by atoms with Gasteiger partial charge in [0.05, 0.1) is 23.8 Å². The third-order valence-corrected chi connectivity index (χ3v) is 6.50. The molecule has 2 amide bonds. The van der Waals surface area contributed by atoms with Crippen molar-refractivity contribution in [3.63, 3.8) is 0 Å². The quantitative estimate of drug-likeness (QED) is 0.423. The molecule has 1 fully saturated rings. The fraction of sp³-hybridized carbons (Fsp3) is 0.462. The van der Waals surface area contributed by atoms with Gasteiger partial charge in [-0.1, -0.05) is 20.3 Å². The molecule has 2 N–H and O–H groups in total. The number of H-pyrrole nitrogens is 1. The van der Waals surface area contributed by atoms with E-state index in [2.05, 4.69) is 27.2 Å². The second-order valence-electron chi connectivity index (χ2n) is 9.02. The summed E-state index contributed by atoms with van der Waals surface area (Å²) < 4.78 is 5.19. The van der Waals surface area contributed by atoms with Crippen molar-refractivity contribution in [2.45, 2.75) is 64.8 Å². The maximum absolute atomic E-state index is 13.1. The number of nitrogens with zero attached hydrogens (tertiary/aromatic N) is 3. The molecule has 1 atom stereocenters. The number of esters is 1. The predicted molar refractivity (Wildman–Crippen MR) is 134 cm³/mol. The van der Waals surface area contributed by atoms with E-state index < -0.39 is 23.3 Å². The van der Waals surface area contributed by atoms with Gasteiger partial charge in [-0.2, -0.15) is 9.98 Å². The Balaban J connectivity index is 1.60. The summed E-state index contributed by atoms with van der Waals surface area (Å²) in [5.41, 5.74) is 0.265. The number of aromatic amines is 1. The Kier molecular flexibility index (Phi) is 7.92. The SMILES string of the molecule is CCCCOC(=O)c1ccc(NC(=O)C2=c3c(nc(N4CCCCC4CC)[nH]c3=O)=NC(=O)C2)cc1. The molecule has 0 bridgehead atoms. The Morgan fingerprint density at radius 3 is 2.67 bits per heavy atom. The van der Waals surface area contributed by atoms with Crippen LogP contribution in [0.1, 0.15) is 69.2 Å². The number of piperidine rings is 1. The molecule has 10 nitrogen and oxygen atoms in total. The number of rotatable bonds is 8. The molecule has 1 aromatic heterocycles. The first-order valence-electron chi connectivity index (χ1n) is 12.5. The molecule has 2 aliphatic heterocycles. The first-order chi connectivity index (χ1) is 17.4. The van der Waals surface area contributed by atoms with Gasteiger partial charge in [0.2, 0.25) is 5.95 Å². The number of fused-ring (bicyclic) bond motifs is 1. The van der Waals surface area contributed by atoms with Gasteiger partial charge in [-0.05, 0) is 56.4 Å².